The molecule has 1 aromatic carbocycles. The smallest absolute Gasteiger partial charge is 0.227 e. The zero-order chi connectivity index (χ0) is 16.1. The van der Waals surface area contributed by atoms with Gasteiger partial charge in [0.2, 0.25) is 5.91 Å². The molecule has 0 aromatic heterocycles. The molecule has 22 heavy (non-hydrogen) atoms. The number of benzene rings is 1. The van der Waals surface area contributed by atoms with Crippen molar-refractivity contribution in [3.8, 4) is 0 Å². The van der Waals surface area contributed by atoms with Crippen LogP contribution in [0.5, 0.6) is 0 Å². The van der Waals surface area contributed by atoms with Crippen LogP contribution in [0.25, 0.3) is 0 Å². The van der Waals surface area contributed by atoms with Crippen LogP contribution in [0.3, 0.4) is 0 Å². The molecule has 2 aliphatic rings. The van der Waals surface area contributed by atoms with Gasteiger partial charge >= 0.3 is 0 Å². The third-order valence-electron chi connectivity index (χ3n) is 4.67. The van der Waals surface area contributed by atoms with Crippen LogP contribution in [0.4, 0.5) is 0 Å². The van der Waals surface area contributed by atoms with Gasteiger partial charge in [-0.05, 0) is 29.5 Å². The SMILES string of the molecule is CN1C(=O)CC(c2ccc(Cl)cc2)C2=C1CC(C)(C)CC2=O. The summed E-state index contributed by atoms with van der Waals surface area (Å²) in [5.41, 5.74) is 2.62. The van der Waals surface area contributed by atoms with Gasteiger partial charge in [0.05, 0.1) is 0 Å². The fourth-order valence-electron chi connectivity index (χ4n) is 3.54. The lowest BCUT2D eigenvalue weighted by atomic mass is 9.69. The number of nitrogens with zero attached hydrogens (tertiary/aromatic N) is 1. The molecule has 1 aliphatic carbocycles. The Hall–Kier alpha value is -1.61. The zero-order valence-electron chi connectivity index (χ0n) is 13.1. The van der Waals surface area contributed by atoms with E-state index in [-0.39, 0.29) is 23.0 Å². The number of carbonyl (C=O) groups excluding carboxylic acids is 2. The van der Waals surface area contributed by atoms with Gasteiger partial charge in [0.15, 0.2) is 5.78 Å². The first-order valence-electron chi connectivity index (χ1n) is 7.57. The molecule has 0 radical (unpaired) electrons. The molecule has 0 bridgehead atoms. The van der Waals surface area contributed by atoms with Crippen LogP contribution < -0.4 is 0 Å². The molecule has 1 atom stereocenters. The van der Waals surface area contributed by atoms with Gasteiger partial charge in [0.25, 0.3) is 0 Å². The van der Waals surface area contributed by atoms with Crippen LogP contribution in [-0.4, -0.2) is 23.6 Å². The monoisotopic (exact) mass is 317 g/mol. The largest absolute Gasteiger partial charge is 0.319 e. The Labute approximate surface area is 135 Å². The highest BCUT2D eigenvalue weighted by molar-refractivity contribution is 6.30. The first kappa shape index (κ1) is 15.3. The maximum absolute atomic E-state index is 12.7. The molecule has 1 heterocycles. The summed E-state index contributed by atoms with van der Waals surface area (Å²) in [6.07, 6.45) is 1.65. The van der Waals surface area contributed by atoms with Gasteiger partial charge in [-0.15, -0.1) is 0 Å². The summed E-state index contributed by atoms with van der Waals surface area (Å²) in [5, 5.41) is 0.660. The first-order chi connectivity index (χ1) is 10.3. The molecular formula is C18H20ClNO2. The fraction of sp³-hybridized carbons (Fsp3) is 0.444. The van der Waals surface area contributed by atoms with Gasteiger partial charge in [-0.2, -0.15) is 0 Å². The van der Waals surface area contributed by atoms with Gasteiger partial charge in [0.1, 0.15) is 0 Å². The van der Waals surface area contributed by atoms with Crippen molar-refractivity contribution in [2.45, 2.75) is 39.0 Å². The Morgan fingerprint density at radius 2 is 1.77 bits per heavy atom. The van der Waals surface area contributed by atoms with Crippen molar-refractivity contribution in [1.82, 2.24) is 4.90 Å². The molecule has 3 nitrogen and oxygen atoms in total. The van der Waals surface area contributed by atoms with E-state index in [1.54, 1.807) is 11.9 Å². The van der Waals surface area contributed by atoms with E-state index in [4.69, 9.17) is 11.6 Å². The maximum atomic E-state index is 12.7. The van der Waals surface area contributed by atoms with E-state index < -0.39 is 0 Å². The average molecular weight is 318 g/mol. The van der Waals surface area contributed by atoms with Crippen LogP contribution in [0.2, 0.25) is 5.02 Å². The molecule has 1 amide bonds. The second-order valence-corrected chi connectivity index (χ2v) is 7.50. The lowest BCUT2D eigenvalue weighted by Gasteiger charge is -2.41. The van der Waals surface area contributed by atoms with Crippen molar-refractivity contribution in [1.29, 1.82) is 0 Å². The quantitative estimate of drug-likeness (QED) is 0.787. The Kier molecular flexibility index (Phi) is 3.64. The molecule has 0 N–H and O–H groups in total. The van der Waals surface area contributed by atoms with E-state index in [1.807, 2.05) is 24.3 Å². The first-order valence-corrected chi connectivity index (χ1v) is 7.94. The van der Waals surface area contributed by atoms with Crippen molar-refractivity contribution in [3.05, 3.63) is 46.1 Å². The van der Waals surface area contributed by atoms with Crippen molar-refractivity contribution < 1.29 is 9.59 Å². The van der Waals surface area contributed by atoms with E-state index in [1.165, 1.54) is 0 Å². The summed E-state index contributed by atoms with van der Waals surface area (Å²) in [6, 6.07) is 7.47. The Morgan fingerprint density at radius 3 is 2.41 bits per heavy atom. The number of halogens is 1. The van der Waals surface area contributed by atoms with Crippen LogP contribution >= 0.6 is 11.6 Å². The zero-order valence-corrected chi connectivity index (χ0v) is 13.9. The molecule has 1 aliphatic heterocycles. The summed E-state index contributed by atoms with van der Waals surface area (Å²) in [4.78, 5) is 26.8. The number of hydrogen-bond acceptors (Lipinski definition) is 2. The van der Waals surface area contributed by atoms with E-state index in [0.717, 1.165) is 23.3 Å². The van der Waals surface area contributed by atoms with Crippen LogP contribution in [0.1, 0.15) is 44.6 Å². The van der Waals surface area contributed by atoms with E-state index in [9.17, 15) is 9.59 Å². The fourth-order valence-corrected chi connectivity index (χ4v) is 3.67. The van der Waals surface area contributed by atoms with Gasteiger partial charge in [-0.3, -0.25) is 9.59 Å². The normalized spacial score (nSPS) is 24.5. The predicted molar refractivity (Wildman–Crippen MR) is 86.6 cm³/mol. The Balaban J connectivity index is 2.11. The second kappa shape index (κ2) is 5.24. The minimum Gasteiger partial charge on any atom is -0.319 e. The van der Waals surface area contributed by atoms with Crippen LogP contribution in [0.15, 0.2) is 35.5 Å². The third kappa shape index (κ3) is 2.58. The van der Waals surface area contributed by atoms with Crippen LogP contribution in [0, 0.1) is 5.41 Å². The van der Waals surface area contributed by atoms with Gasteiger partial charge in [0, 0.05) is 42.1 Å². The minimum absolute atomic E-state index is 0.0733. The van der Waals surface area contributed by atoms with Gasteiger partial charge in [-0.25, -0.2) is 0 Å². The predicted octanol–water partition coefficient (Wildman–Crippen LogP) is 3.93. The average Bonchev–Trinajstić information content (AvgIpc) is 2.43. The van der Waals surface area contributed by atoms with E-state index >= 15 is 0 Å². The highest BCUT2D eigenvalue weighted by atomic mass is 35.5. The van der Waals surface area contributed by atoms with Gasteiger partial charge < -0.3 is 4.90 Å². The van der Waals surface area contributed by atoms with Crippen molar-refractivity contribution in [2.75, 3.05) is 7.05 Å². The maximum Gasteiger partial charge on any atom is 0.227 e. The van der Waals surface area contributed by atoms with Crippen molar-refractivity contribution >= 4 is 23.3 Å². The number of ketones is 1. The molecule has 116 valence electrons. The molecule has 1 unspecified atom stereocenters. The lowest BCUT2D eigenvalue weighted by Crippen LogP contribution is -2.41. The van der Waals surface area contributed by atoms with Gasteiger partial charge in [-0.1, -0.05) is 37.6 Å². The molecule has 0 fully saturated rings. The summed E-state index contributed by atoms with van der Waals surface area (Å²) < 4.78 is 0. The summed E-state index contributed by atoms with van der Waals surface area (Å²) in [7, 11) is 1.78. The van der Waals surface area contributed by atoms with E-state index in [0.29, 0.717) is 17.9 Å². The molecule has 0 saturated heterocycles. The molecular weight excluding hydrogens is 298 g/mol. The minimum atomic E-state index is -0.139. The highest BCUT2D eigenvalue weighted by Crippen LogP contribution is 2.46. The van der Waals surface area contributed by atoms with Crippen molar-refractivity contribution in [2.24, 2.45) is 5.41 Å². The van der Waals surface area contributed by atoms with E-state index in [2.05, 4.69) is 13.8 Å². The second-order valence-electron chi connectivity index (χ2n) is 7.06. The lowest BCUT2D eigenvalue weighted by molar-refractivity contribution is -0.130. The summed E-state index contributed by atoms with van der Waals surface area (Å²) in [6.45, 7) is 4.16. The third-order valence-corrected chi connectivity index (χ3v) is 4.93. The number of hydrogen-bond donors (Lipinski definition) is 0. The molecule has 3 rings (SSSR count). The summed E-state index contributed by atoms with van der Waals surface area (Å²) in [5.74, 6) is 0.106. The summed E-state index contributed by atoms with van der Waals surface area (Å²) >= 11 is 5.95. The number of amides is 1. The van der Waals surface area contributed by atoms with Crippen molar-refractivity contribution in [3.63, 3.8) is 0 Å². The Bertz CT molecular complexity index is 673. The molecule has 0 saturated carbocycles. The topological polar surface area (TPSA) is 37.4 Å². The number of allylic oxidation sites excluding steroid dienone is 2. The standard InChI is InChI=1S/C18H20ClNO2/c1-18(2)9-14-17(15(21)10-18)13(8-16(22)20(14)3)11-4-6-12(19)7-5-11/h4-7,13H,8-10H2,1-3H3. The highest BCUT2D eigenvalue weighted by Gasteiger charge is 2.42. The number of Topliss-reactive ketones (excluding diaryl/α,β-unsaturated/α-hetero) is 1. The molecule has 1 aromatic rings. The molecule has 4 heteroatoms. The number of carbonyl (C=O) groups is 2. The number of rotatable bonds is 1. The molecule has 0 spiro atoms. The Morgan fingerprint density at radius 1 is 1.14 bits per heavy atom. The van der Waals surface area contributed by atoms with Crippen LogP contribution in [-0.2, 0) is 9.59 Å².